The second kappa shape index (κ2) is 3.87. The van der Waals surface area contributed by atoms with E-state index in [0.717, 1.165) is 18.4 Å². The van der Waals surface area contributed by atoms with Gasteiger partial charge in [0.2, 0.25) is 5.75 Å². The topological polar surface area (TPSA) is 64.7 Å². The minimum absolute atomic E-state index is 0.0519. The van der Waals surface area contributed by atoms with Gasteiger partial charge in [-0.15, -0.1) is 0 Å². The summed E-state index contributed by atoms with van der Waals surface area (Å²) < 4.78 is 10.3. The average molecular weight is 223 g/mol. The summed E-state index contributed by atoms with van der Waals surface area (Å²) in [5.74, 6) is 1.08. The Morgan fingerprint density at radius 3 is 2.44 bits per heavy atom. The van der Waals surface area contributed by atoms with Crippen molar-refractivity contribution in [3.63, 3.8) is 0 Å². The van der Waals surface area contributed by atoms with Crippen molar-refractivity contribution in [2.24, 2.45) is 5.73 Å². The number of aromatic hydroxyl groups is 1. The minimum atomic E-state index is -0.0519. The summed E-state index contributed by atoms with van der Waals surface area (Å²) in [5.41, 5.74) is 6.56. The van der Waals surface area contributed by atoms with Gasteiger partial charge < -0.3 is 20.3 Å². The lowest BCUT2D eigenvalue weighted by Gasteiger charge is -2.18. The van der Waals surface area contributed by atoms with E-state index in [2.05, 4.69) is 0 Å². The summed E-state index contributed by atoms with van der Waals surface area (Å²) in [6, 6.07) is 3.68. The molecule has 3 N–H and O–H groups in total. The maximum Gasteiger partial charge on any atom is 0.203 e. The average Bonchev–Trinajstić information content (AvgIpc) is 3.09. The van der Waals surface area contributed by atoms with Gasteiger partial charge in [-0.05, 0) is 18.9 Å². The van der Waals surface area contributed by atoms with Crippen LogP contribution in [0.15, 0.2) is 12.1 Å². The molecule has 1 fully saturated rings. The zero-order chi connectivity index (χ0) is 11.8. The molecule has 0 radical (unpaired) electrons. The Bertz CT molecular complexity index is 399. The van der Waals surface area contributed by atoms with Crippen LogP contribution in [0, 0.1) is 0 Å². The standard InChI is InChI=1S/C12H17NO3/c1-15-9-4-3-8(10(14)11(9)16-2)12(7-13)5-6-12/h3-4,14H,5-7,13H2,1-2H3. The van der Waals surface area contributed by atoms with E-state index in [-0.39, 0.29) is 11.2 Å². The number of phenolic OH excluding ortho intramolecular Hbond substituents is 1. The zero-order valence-corrected chi connectivity index (χ0v) is 9.62. The lowest BCUT2D eigenvalue weighted by molar-refractivity contribution is 0.329. The first-order chi connectivity index (χ1) is 7.68. The zero-order valence-electron chi connectivity index (χ0n) is 9.62. The van der Waals surface area contributed by atoms with Gasteiger partial charge in [-0.25, -0.2) is 0 Å². The van der Waals surface area contributed by atoms with E-state index in [0.29, 0.717) is 18.0 Å². The molecule has 0 spiro atoms. The molecule has 1 aromatic rings. The number of hydrogen-bond acceptors (Lipinski definition) is 4. The fourth-order valence-corrected chi connectivity index (χ4v) is 2.07. The summed E-state index contributed by atoms with van der Waals surface area (Å²) in [7, 11) is 3.07. The van der Waals surface area contributed by atoms with Gasteiger partial charge in [0, 0.05) is 17.5 Å². The van der Waals surface area contributed by atoms with Crippen LogP contribution in [-0.2, 0) is 5.41 Å². The predicted octanol–water partition coefficient (Wildman–Crippen LogP) is 1.40. The summed E-state index contributed by atoms with van der Waals surface area (Å²) in [6.45, 7) is 0.552. The molecule has 0 atom stereocenters. The number of ether oxygens (including phenoxy) is 2. The first-order valence-corrected chi connectivity index (χ1v) is 5.33. The number of nitrogens with two attached hydrogens (primary N) is 1. The van der Waals surface area contributed by atoms with E-state index >= 15 is 0 Å². The third kappa shape index (κ3) is 1.50. The van der Waals surface area contributed by atoms with Crippen LogP contribution >= 0.6 is 0 Å². The fourth-order valence-electron chi connectivity index (χ4n) is 2.07. The summed E-state index contributed by atoms with van der Waals surface area (Å²) in [5, 5.41) is 10.1. The monoisotopic (exact) mass is 223 g/mol. The van der Waals surface area contributed by atoms with E-state index in [1.807, 2.05) is 12.1 Å². The van der Waals surface area contributed by atoms with Crippen LogP contribution in [-0.4, -0.2) is 25.9 Å². The van der Waals surface area contributed by atoms with Gasteiger partial charge in [0.1, 0.15) is 0 Å². The van der Waals surface area contributed by atoms with Crippen molar-refractivity contribution in [1.82, 2.24) is 0 Å². The maximum absolute atomic E-state index is 10.1. The summed E-state index contributed by atoms with van der Waals surface area (Å²) >= 11 is 0. The first kappa shape index (κ1) is 11.1. The van der Waals surface area contributed by atoms with Crippen molar-refractivity contribution in [2.45, 2.75) is 18.3 Å². The van der Waals surface area contributed by atoms with Crippen molar-refractivity contribution in [3.05, 3.63) is 17.7 Å². The molecule has 1 aliphatic carbocycles. The van der Waals surface area contributed by atoms with Crippen molar-refractivity contribution >= 4 is 0 Å². The molecule has 2 rings (SSSR count). The molecule has 0 heterocycles. The number of phenols is 1. The van der Waals surface area contributed by atoms with Crippen LogP contribution in [0.25, 0.3) is 0 Å². The highest BCUT2D eigenvalue weighted by Gasteiger charge is 2.45. The quantitative estimate of drug-likeness (QED) is 0.809. The SMILES string of the molecule is COc1ccc(C2(CN)CC2)c(O)c1OC. The van der Waals surface area contributed by atoms with Gasteiger partial charge in [-0.2, -0.15) is 0 Å². The highest BCUT2D eigenvalue weighted by Crippen LogP contribution is 2.53. The van der Waals surface area contributed by atoms with Crippen LogP contribution in [0.2, 0.25) is 0 Å². The lowest BCUT2D eigenvalue weighted by Crippen LogP contribution is -2.19. The molecule has 1 saturated carbocycles. The minimum Gasteiger partial charge on any atom is -0.504 e. The molecule has 0 bridgehead atoms. The molecule has 0 amide bonds. The van der Waals surface area contributed by atoms with Crippen LogP contribution in [0.4, 0.5) is 0 Å². The Balaban J connectivity index is 2.49. The molecule has 1 aromatic carbocycles. The van der Waals surface area contributed by atoms with Gasteiger partial charge in [-0.1, -0.05) is 6.07 Å². The second-order valence-electron chi connectivity index (χ2n) is 4.18. The van der Waals surface area contributed by atoms with Gasteiger partial charge in [0.15, 0.2) is 11.5 Å². The normalized spacial score (nSPS) is 16.9. The Morgan fingerprint density at radius 2 is 2.00 bits per heavy atom. The second-order valence-corrected chi connectivity index (χ2v) is 4.18. The maximum atomic E-state index is 10.1. The van der Waals surface area contributed by atoms with Crippen molar-refractivity contribution < 1.29 is 14.6 Å². The highest BCUT2D eigenvalue weighted by atomic mass is 16.5. The number of rotatable bonds is 4. The third-order valence-corrected chi connectivity index (χ3v) is 3.34. The molecule has 1 aliphatic rings. The molecular weight excluding hydrogens is 206 g/mol. The van der Waals surface area contributed by atoms with Crippen molar-refractivity contribution in [3.8, 4) is 17.2 Å². The molecule has 0 unspecified atom stereocenters. The van der Waals surface area contributed by atoms with E-state index < -0.39 is 0 Å². The van der Waals surface area contributed by atoms with E-state index in [1.165, 1.54) is 7.11 Å². The van der Waals surface area contributed by atoms with Gasteiger partial charge in [0.05, 0.1) is 14.2 Å². The fraction of sp³-hybridized carbons (Fsp3) is 0.500. The Labute approximate surface area is 95.0 Å². The van der Waals surface area contributed by atoms with E-state index in [4.69, 9.17) is 15.2 Å². The van der Waals surface area contributed by atoms with Crippen LogP contribution in [0.1, 0.15) is 18.4 Å². The molecule has 16 heavy (non-hydrogen) atoms. The molecular formula is C12H17NO3. The third-order valence-electron chi connectivity index (χ3n) is 3.34. The van der Waals surface area contributed by atoms with E-state index in [9.17, 15) is 5.11 Å². The number of benzene rings is 1. The molecule has 0 saturated heterocycles. The van der Waals surface area contributed by atoms with Crippen molar-refractivity contribution in [1.29, 1.82) is 0 Å². The Morgan fingerprint density at radius 1 is 1.31 bits per heavy atom. The predicted molar refractivity (Wildman–Crippen MR) is 61.2 cm³/mol. The van der Waals surface area contributed by atoms with Crippen LogP contribution < -0.4 is 15.2 Å². The van der Waals surface area contributed by atoms with Crippen molar-refractivity contribution in [2.75, 3.05) is 20.8 Å². The van der Waals surface area contributed by atoms with E-state index in [1.54, 1.807) is 7.11 Å². The molecule has 4 heteroatoms. The van der Waals surface area contributed by atoms with Crippen LogP contribution in [0.5, 0.6) is 17.2 Å². The van der Waals surface area contributed by atoms with Crippen LogP contribution in [0.3, 0.4) is 0 Å². The Kier molecular flexibility index (Phi) is 2.68. The number of hydrogen-bond donors (Lipinski definition) is 2. The molecule has 0 aromatic heterocycles. The summed E-state index contributed by atoms with van der Waals surface area (Å²) in [6.07, 6.45) is 2.04. The largest absolute Gasteiger partial charge is 0.504 e. The smallest absolute Gasteiger partial charge is 0.203 e. The summed E-state index contributed by atoms with van der Waals surface area (Å²) in [4.78, 5) is 0. The van der Waals surface area contributed by atoms with Gasteiger partial charge in [-0.3, -0.25) is 0 Å². The molecule has 4 nitrogen and oxygen atoms in total. The lowest BCUT2D eigenvalue weighted by atomic mass is 9.94. The highest BCUT2D eigenvalue weighted by molar-refractivity contribution is 5.58. The first-order valence-electron chi connectivity index (χ1n) is 5.33. The number of methoxy groups -OCH3 is 2. The van der Waals surface area contributed by atoms with Gasteiger partial charge >= 0.3 is 0 Å². The molecule has 0 aliphatic heterocycles. The van der Waals surface area contributed by atoms with Gasteiger partial charge in [0.25, 0.3) is 0 Å². The Hall–Kier alpha value is -1.42. The molecule has 88 valence electrons.